The second kappa shape index (κ2) is 5.49. The molecule has 0 bridgehead atoms. The lowest BCUT2D eigenvalue weighted by Crippen LogP contribution is -2.16. The van der Waals surface area contributed by atoms with E-state index in [1.165, 1.54) is 18.3 Å². The summed E-state index contributed by atoms with van der Waals surface area (Å²) >= 11 is 0. The molecular formula is C13H11FN2O4S. The van der Waals surface area contributed by atoms with Crippen LogP contribution in [0.3, 0.4) is 0 Å². The maximum absolute atomic E-state index is 13.8. The average Bonchev–Trinajstić information content (AvgIpc) is 2.40. The zero-order valence-corrected chi connectivity index (χ0v) is 11.7. The Morgan fingerprint density at radius 2 is 2.05 bits per heavy atom. The number of aromatic carboxylic acids is 1. The number of aromatic nitrogens is 1. The highest BCUT2D eigenvalue weighted by Gasteiger charge is 2.21. The lowest BCUT2D eigenvalue weighted by atomic mass is 10.2. The first-order valence-electron chi connectivity index (χ1n) is 5.78. The first-order chi connectivity index (χ1) is 9.81. The van der Waals surface area contributed by atoms with Gasteiger partial charge in [0.05, 0.1) is 16.9 Å². The van der Waals surface area contributed by atoms with Crippen molar-refractivity contribution >= 4 is 21.7 Å². The van der Waals surface area contributed by atoms with Crippen molar-refractivity contribution in [3.05, 3.63) is 53.6 Å². The number of rotatable bonds is 4. The fraction of sp³-hybridized carbons (Fsp3) is 0.0769. The van der Waals surface area contributed by atoms with E-state index < -0.39 is 26.7 Å². The number of carboxylic acids is 1. The van der Waals surface area contributed by atoms with Gasteiger partial charge in [-0.1, -0.05) is 0 Å². The van der Waals surface area contributed by atoms with Gasteiger partial charge in [-0.2, -0.15) is 0 Å². The summed E-state index contributed by atoms with van der Waals surface area (Å²) < 4.78 is 40.3. The standard InChI is InChI=1S/C13H11FN2O4S/c1-8-11(3-2-6-15-8)16-21(19,20)12-5-4-9(13(17)18)7-10(12)14/h2-7,16H,1H3,(H,17,18). The van der Waals surface area contributed by atoms with Crippen molar-refractivity contribution in [3.8, 4) is 0 Å². The summed E-state index contributed by atoms with van der Waals surface area (Å²) in [6.45, 7) is 1.60. The highest BCUT2D eigenvalue weighted by atomic mass is 32.2. The molecule has 21 heavy (non-hydrogen) atoms. The van der Waals surface area contributed by atoms with E-state index in [0.29, 0.717) is 11.8 Å². The van der Waals surface area contributed by atoms with Gasteiger partial charge in [-0.05, 0) is 37.3 Å². The molecule has 0 aliphatic carbocycles. The van der Waals surface area contributed by atoms with Crippen molar-refractivity contribution in [2.45, 2.75) is 11.8 Å². The van der Waals surface area contributed by atoms with Gasteiger partial charge in [0.2, 0.25) is 0 Å². The van der Waals surface area contributed by atoms with Crippen molar-refractivity contribution < 1.29 is 22.7 Å². The molecule has 1 heterocycles. The number of hydrogen-bond donors (Lipinski definition) is 2. The Morgan fingerprint density at radius 3 is 2.62 bits per heavy atom. The molecule has 1 aromatic carbocycles. The Morgan fingerprint density at radius 1 is 1.33 bits per heavy atom. The topological polar surface area (TPSA) is 96.4 Å². The van der Waals surface area contributed by atoms with Gasteiger partial charge in [0.25, 0.3) is 10.0 Å². The van der Waals surface area contributed by atoms with Crippen LogP contribution in [-0.4, -0.2) is 24.5 Å². The smallest absolute Gasteiger partial charge is 0.335 e. The molecule has 0 fully saturated rings. The number of halogens is 1. The van der Waals surface area contributed by atoms with E-state index in [0.717, 1.165) is 12.1 Å². The quantitative estimate of drug-likeness (QED) is 0.900. The fourth-order valence-corrected chi connectivity index (χ4v) is 2.82. The summed E-state index contributed by atoms with van der Waals surface area (Å²) in [5.41, 5.74) is 0.326. The Bertz CT molecular complexity index is 806. The number of carboxylic acid groups (broad SMARTS) is 1. The second-order valence-electron chi connectivity index (χ2n) is 4.19. The molecule has 2 rings (SSSR count). The number of carbonyl (C=O) groups is 1. The third-order valence-electron chi connectivity index (χ3n) is 2.72. The minimum atomic E-state index is -4.17. The molecular weight excluding hydrogens is 299 g/mol. The largest absolute Gasteiger partial charge is 0.478 e. The van der Waals surface area contributed by atoms with Gasteiger partial charge in [-0.15, -0.1) is 0 Å². The summed E-state index contributed by atoms with van der Waals surface area (Å²) in [5.74, 6) is -2.47. The van der Waals surface area contributed by atoms with Crippen LogP contribution in [0.2, 0.25) is 0 Å². The lowest BCUT2D eigenvalue weighted by Gasteiger charge is -2.10. The predicted octanol–water partition coefficient (Wildman–Crippen LogP) is 2.03. The van der Waals surface area contributed by atoms with Crippen LogP contribution in [0.25, 0.3) is 0 Å². The molecule has 0 spiro atoms. The van der Waals surface area contributed by atoms with E-state index in [9.17, 15) is 17.6 Å². The number of sulfonamides is 1. The van der Waals surface area contributed by atoms with Crippen LogP contribution in [-0.2, 0) is 10.0 Å². The van der Waals surface area contributed by atoms with Crippen molar-refractivity contribution in [2.24, 2.45) is 0 Å². The van der Waals surface area contributed by atoms with Crippen molar-refractivity contribution in [1.82, 2.24) is 4.98 Å². The number of nitrogens with one attached hydrogen (secondary N) is 1. The molecule has 2 aromatic rings. The zero-order chi connectivity index (χ0) is 15.6. The Balaban J connectivity index is 2.41. The number of aryl methyl sites for hydroxylation is 1. The molecule has 110 valence electrons. The maximum atomic E-state index is 13.8. The van der Waals surface area contributed by atoms with Crippen LogP contribution in [0.4, 0.5) is 10.1 Å². The Hall–Kier alpha value is -2.48. The van der Waals surface area contributed by atoms with Crippen LogP contribution in [0.1, 0.15) is 16.1 Å². The monoisotopic (exact) mass is 310 g/mol. The number of nitrogens with zero attached hydrogens (tertiary/aromatic N) is 1. The van der Waals surface area contributed by atoms with Crippen LogP contribution in [0, 0.1) is 12.7 Å². The molecule has 0 saturated carbocycles. The van der Waals surface area contributed by atoms with Gasteiger partial charge < -0.3 is 5.11 Å². The SMILES string of the molecule is Cc1ncccc1NS(=O)(=O)c1ccc(C(=O)O)cc1F. The van der Waals surface area contributed by atoms with Crippen LogP contribution < -0.4 is 4.72 Å². The van der Waals surface area contributed by atoms with E-state index in [-0.39, 0.29) is 11.3 Å². The van der Waals surface area contributed by atoms with Gasteiger partial charge >= 0.3 is 5.97 Å². The molecule has 0 amide bonds. The van der Waals surface area contributed by atoms with Gasteiger partial charge in [0, 0.05) is 6.20 Å². The highest BCUT2D eigenvalue weighted by molar-refractivity contribution is 7.92. The minimum absolute atomic E-state index is 0.221. The third-order valence-corrected chi connectivity index (χ3v) is 4.12. The number of anilines is 1. The maximum Gasteiger partial charge on any atom is 0.335 e. The Labute approximate surface area is 120 Å². The Kier molecular flexibility index (Phi) is 3.90. The van der Waals surface area contributed by atoms with Crippen LogP contribution >= 0.6 is 0 Å². The number of hydrogen-bond acceptors (Lipinski definition) is 4. The van der Waals surface area contributed by atoms with E-state index >= 15 is 0 Å². The summed E-state index contributed by atoms with van der Waals surface area (Å²) in [4.78, 5) is 14.0. The summed E-state index contributed by atoms with van der Waals surface area (Å²) in [5, 5.41) is 8.73. The molecule has 0 radical (unpaired) electrons. The first-order valence-corrected chi connectivity index (χ1v) is 7.27. The van der Waals surface area contributed by atoms with Crippen molar-refractivity contribution in [3.63, 3.8) is 0 Å². The van der Waals surface area contributed by atoms with E-state index in [2.05, 4.69) is 9.71 Å². The fourth-order valence-electron chi connectivity index (χ4n) is 1.64. The summed E-state index contributed by atoms with van der Waals surface area (Å²) in [6.07, 6.45) is 1.50. The van der Waals surface area contributed by atoms with Crippen LogP contribution in [0.15, 0.2) is 41.4 Å². The molecule has 0 saturated heterocycles. The van der Waals surface area contributed by atoms with E-state index in [1.807, 2.05) is 0 Å². The van der Waals surface area contributed by atoms with Crippen LogP contribution in [0.5, 0.6) is 0 Å². The van der Waals surface area contributed by atoms with Gasteiger partial charge in [0.1, 0.15) is 10.7 Å². The molecule has 0 unspecified atom stereocenters. The second-order valence-corrected chi connectivity index (χ2v) is 5.84. The lowest BCUT2D eigenvalue weighted by molar-refractivity contribution is 0.0696. The molecule has 0 atom stereocenters. The van der Waals surface area contributed by atoms with E-state index in [4.69, 9.17) is 5.11 Å². The number of benzene rings is 1. The summed E-state index contributed by atoms with van der Waals surface area (Å²) in [7, 11) is -4.17. The average molecular weight is 310 g/mol. The zero-order valence-electron chi connectivity index (χ0n) is 10.9. The predicted molar refractivity (Wildman–Crippen MR) is 73.1 cm³/mol. The molecule has 8 heteroatoms. The van der Waals surface area contributed by atoms with Crippen molar-refractivity contribution in [2.75, 3.05) is 4.72 Å². The molecule has 0 aliphatic rings. The minimum Gasteiger partial charge on any atom is -0.478 e. The van der Waals surface area contributed by atoms with Gasteiger partial charge in [-0.3, -0.25) is 9.71 Å². The first kappa shape index (κ1) is 14.9. The third kappa shape index (κ3) is 3.16. The van der Waals surface area contributed by atoms with Crippen molar-refractivity contribution in [1.29, 1.82) is 0 Å². The molecule has 2 N–H and O–H groups in total. The molecule has 6 nitrogen and oxygen atoms in total. The molecule has 0 aliphatic heterocycles. The molecule has 1 aromatic heterocycles. The normalized spacial score (nSPS) is 11.1. The highest BCUT2D eigenvalue weighted by Crippen LogP contribution is 2.21. The van der Waals surface area contributed by atoms with E-state index in [1.54, 1.807) is 6.92 Å². The number of pyridine rings is 1. The van der Waals surface area contributed by atoms with Gasteiger partial charge in [-0.25, -0.2) is 17.6 Å². The van der Waals surface area contributed by atoms with Gasteiger partial charge in [0.15, 0.2) is 0 Å². The summed E-state index contributed by atoms with van der Waals surface area (Å²) in [6, 6.07) is 5.62.